The molecule has 0 saturated carbocycles. The molecule has 0 amide bonds. The Balaban J connectivity index is 1.87. The molecule has 1 aromatic rings. The number of nitrogens with zero attached hydrogens (tertiary/aromatic N) is 1. The summed E-state index contributed by atoms with van der Waals surface area (Å²) >= 11 is 0. The standard InChI is InChI=1S/C18H25NO4/c1-4-6-15-17-14(11-22-15)16(10-20)23-19(17)9-13-8-5-7-12(2)18(13)21-3/h5-8,14,16-17,20H,4,9-11H2,1-3H3/b15-6-/t14-,16?,17+/m1/s1. The van der Waals surface area contributed by atoms with Crippen LogP contribution >= 0.6 is 0 Å². The normalized spacial score (nSPS) is 28.9. The average molecular weight is 319 g/mol. The lowest BCUT2D eigenvalue weighted by molar-refractivity contribution is -0.180. The van der Waals surface area contributed by atoms with Crippen molar-refractivity contribution in [3.05, 3.63) is 41.2 Å². The van der Waals surface area contributed by atoms with E-state index in [4.69, 9.17) is 14.3 Å². The van der Waals surface area contributed by atoms with Crippen molar-refractivity contribution in [2.45, 2.75) is 39.0 Å². The summed E-state index contributed by atoms with van der Waals surface area (Å²) in [5.41, 5.74) is 2.18. The van der Waals surface area contributed by atoms with E-state index in [1.54, 1.807) is 7.11 Å². The molecule has 2 aliphatic heterocycles. The zero-order valence-corrected chi connectivity index (χ0v) is 14.0. The van der Waals surface area contributed by atoms with Crippen LogP contribution in [0.2, 0.25) is 0 Å². The van der Waals surface area contributed by atoms with Gasteiger partial charge < -0.3 is 14.6 Å². The predicted molar refractivity (Wildman–Crippen MR) is 86.8 cm³/mol. The van der Waals surface area contributed by atoms with Crippen LogP contribution in [0.5, 0.6) is 5.75 Å². The maximum Gasteiger partial charge on any atom is 0.126 e. The number of allylic oxidation sites excluding steroid dienone is 1. The van der Waals surface area contributed by atoms with Crippen molar-refractivity contribution in [1.82, 2.24) is 5.06 Å². The summed E-state index contributed by atoms with van der Waals surface area (Å²) in [4.78, 5) is 6.00. The molecular formula is C18H25NO4. The second-order valence-corrected chi connectivity index (χ2v) is 6.10. The monoisotopic (exact) mass is 319 g/mol. The van der Waals surface area contributed by atoms with Crippen LogP contribution in [0.1, 0.15) is 24.5 Å². The van der Waals surface area contributed by atoms with Crippen LogP contribution in [-0.4, -0.2) is 42.6 Å². The van der Waals surface area contributed by atoms with Gasteiger partial charge in [0, 0.05) is 11.5 Å². The second kappa shape index (κ2) is 6.91. The van der Waals surface area contributed by atoms with E-state index in [0.29, 0.717) is 13.2 Å². The van der Waals surface area contributed by atoms with Crippen molar-refractivity contribution < 1.29 is 19.4 Å². The first kappa shape index (κ1) is 16.3. The minimum atomic E-state index is -0.210. The van der Waals surface area contributed by atoms with Gasteiger partial charge in [-0.1, -0.05) is 25.1 Å². The SMILES string of the molecule is CC/C=C1\OC[C@@H]2C(CO)ON(Cc3cccc(C)c3OC)[C@H]12. The summed E-state index contributed by atoms with van der Waals surface area (Å²) in [5, 5.41) is 11.5. The first-order chi connectivity index (χ1) is 11.2. The fourth-order valence-electron chi connectivity index (χ4n) is 3.55. The number of hydrogen-bond donors (Lipinski definition) is 1. The molecular weight excluding hydrogens is 294 g/mol. The maximum atomic E-state index is 9.61. The van der Waals surface area contributed by atoms with Gasteiger partial charge in [-0.25, -0.2) is 0 Å². The van der Waals surface area contributed by atoms with Gasteiger partial charge in [0.25, 0.3) is 0 Å². The zero-order chi connectivity index (χ0) is 16.4. The molecule has 3 rings (SSSR count). The van der Waals surface area contributed by atoms with Crippen LogP contribution < -0.4 is 4.74 Å². The van der Waals surface area contributed by atoms with E-state index >= 15 is 0 Å². The minimum absolute atomic E-state index is 0.00534. The quantitative estimate of drug-likeness (QED) is 0.903. The number of hydroxylamine groups is 2. The van der Waals surface area contributed by atoms with Gasteiger partial charge in [0.1, 0.15) is 23.7 Å². The number of aryl methyl sites for hydroxylation is 1. The van der Waals surface area contributed by atoms with E-state index in [1.165, 1.54) is 0 Å². The Hall–Kier alpha value is -1.56. The van der Waals surface area contributed by atoms with Gasteiger partial charge in [0.2, 0.25) is 0 Å². The molecule has 2 saturated heterocycles. The van der Waals surface area contributed by atoms with Crippen LogP contribution in [0.4, 0.5) is 0 Å². The van der Waals surface area contributed by atoms with Crippen LogP contribution in [0.3, 0.4) is 0 Å². The lowest BCUT2D eigenvalue weighted by Gasteiger charge is -2.23. The van der Waals surface area contributed by atoms with Gasteiger partial charge in [-0.15, -0.1) is 0 Å². The zero-order valence-electron chi connectivity index (χ0n) is 14.0. The third-order valence-electron chi connectivity index (χ3n) is 4.61. The maximum absolute atomic E-state index is 9.61. The van der Waals surface area contributed by atoms with Gasteiger partial charge >= 0.3 is 0 Å². The van der Waals surface area contributed by atoms with Crippen molar-refractivity contribution >= 4 is 0 Å². The molecule has 5 nitrogen and oxygen atoms in total. The van der Waals surface area contributed by atoms with E-state index in [0.717, 1.165) is 29.1 Å². The molecule has 3 atom stereocenters. The van der Waals surface area contributed by atoms with Crippen molar-refractivity contribution in [2.24, 2.45) is 5.92 Å². The third kappa shape index (κ3) is 2.96. The number of hydrogen-bond acceptors (Lipinski definition) is 5. The Morgan fingerprint density at radius 3 is 2.96 bits per heavy atom. The summed E-state index contributed by atoms with van der Waals surface area (Å²) in [5.74, 6) is 2.02. The van der Waals surface area contributed by atoms with Crippen LogP contribution in [-0.2, 0) is 16.1 Å². The van der Waals surface area contributed by atoms with E-state index in [9.17, 15) is 5.11 Å². The van der Waals surface area contributed by atoms with Gasteiger partial charge in [0.15, 0.2) is 0 Å². The average Bonchev–Trinajstić information content (AvgIpc) is 3.10. The molecule has 0 radical (unpaired) electrons. The van der Waals surface area contributed by atoms with E-state index in [-0.39, 0.29) is 24.7 Å². The molecule has 0 bridgehead atoms. The van der Waals surface area contributed by atoms with Gasteiger partial charge in [0.05, 0.1) is 26.9 Å². The first-order valence-electron chi connectivity index (χ1n) is 8.19. The minimum Gasteiger partial charge on any atom is -0.496 e. The highest BCUT2D eigenvalue weighted by atomic mass is 16.7. The Morgan fingerprint density at radius 1 is 1.43 bits per heavy atom. The fourth-order valence-corrected chi connectivity index (χ4v) is 3.55. The summed E-state index contributed by atoms with van der Waals surface area (Å²) in [6.45, 7) is 5.34. The molecule has 5 heteroatoms. The number of methoxy groups -OCH3 is 1. The fraction of sp³-hybridized carbons (Fsp3) is 0.556. The van der Waals surface area contributed by atoms with Gasteiger partial charge in [-0.05, 0) is 25.0 Å². The number of ether oxygens (including phenoxy) is 2. The third-order valence-corrected chi connectivity index (χ3v) is 4.61. The molecule has 126 valence electrons. The van der Waals surface area contributed by atoms with Crippen molar-refractivity contribution in [3.63, 3.8) is 0 Å². The summed E-state index contributed by atoms with van der Waals surface area (Å²) in [6.07, 6.45) is 2.82. The molecule has 1 unspecified atom stereocenters. The molecule has 23 heavy (non-hydrogen) atoms. The Bertz CT molecular complexity index is 586. The lowest BCUT2D eigenvalue weighted by atomic mass is 9.96. The predicted octanol–water partition coefficient (Wildman–Crippen LogP) is 2.42. The number of benzene rings is 1. The lowest BCUT2D eigenvalue weighted by Crippen LogP contribution is -2.30. The van der Waals surface area contributed by atoms with Crippen LogP contribution in [0.15, 0.2) is 30.0 Å². The number of para-hydroxylation sites is 1. The Labute approximate surface area is 137 Å². The number of aliphatic hydroxyl groups excluding tert-OH is 1. The second-order valence-electron chi connectivity index (χ2n) is 6.10. The van der Waals surface area contributed by atoms with E-state index in [1.807, 2.05) is 24.1 Å². The summed E-state index contributed by atoms with van der Waals surface area (Å²) in [7, 11) is 1.69. The largest absolute Gasteiger partial charge is 0.496 e. The number of fused-ring (bicyclic) bond motifs is 1. The van der Waals surface area contributed by atoms with Crippen molar-refractivity contribution in [3.8, 4) is 5.75 Å². The highest BCUT2D eigenvalue weighted by molar-refractivity contribution is 5.40. The van der Waals surface area contributed by atoms with Crippen LogP contribution in [0.25, 0.3) is 0 Å². The molecule has 2 fully saturated rings. The summed E-state index contributed by atoms with van der Waals surface area (Å²) in [6, 6.07) is 6.18. The molecule has 0 spiro atoms. The van der Waals surface area contributed by atoms with Crippen LogP contribution in [0, 0.1) is 12.8 Å². The molecule has 1 aromatic carbocycles. The van der Waals surface area contributed by atoms with Crippen molar-refractivity contribution in [2.75, 3.05) is 20.3 Å². The molecule has 0 aromatic heterocycles. The molecule has 0 aliphatic carbocycles. The first-order valence-corrected chi connectivity index (χ1v) is 8.19. The Morgan fingerprint density at radius 2 is 2.26 bits per heavy atom. The highest BCUT2D eigenvalue weighted by Crippen LogP contribution is 2.40. The van der Waals surface area contributed by atoms with Crippen molar-refractivity contribution in [1.29, 1.82) is 0 Å². The highest BCUT2D eigenvalue weighted by Gasteiger charge is 2.50. The smallest absolute Gasteiger partial charge is 0.126 e. The van der Waals surface area contributed by atoms with E-state index in [2.05, 4.69) is 19.1 Å². The van der Waals surface area contributed by atoms with Gasteiger partial charge in [-0.3, -0.25) is 4.84 Å². The van der Waals surface area contributed by atoms with Gasteiger partial charge in [-0.2, -0.15) is 5.06 Å². The number of rotatable bonds is 5. The Kier molecular flexibility index (Phi) is 4.90. The molecule has 2 heterocycles. The topological polar surface area (TPSA) is 51.2 Å². The molecule has 2 aliphatic rings. The number of aliphatic hydroxyl groups is 1. The summed E-state index contributed by atoms with van der Waals surface area (Å²) < 4.78 is 11.4. The molecule has 1 N–H and O–H groups in total. The van der Waals surface area contributed by atoms with E-state index < -0.39 is 0 Å².